The van der Waals surface area contributed by atoms with Crippen LogP contribution >= 0.6 is 11.3 Å². The van der Waals surface area contributed by atoms with Crippen LogP contribution in [0, 0.1) is 0 Å². The predicted octanol–water partition coefficient (Wildman–Crippen LogP) is 1.30. The Kier molecular flexibility index (Phi) is 4.37. The Balaban J connectivity index is 1.98. The molecule has 2 rings (SSSR count). The van der Waals surface area contributed by atoms with Crippen LogP contribution < -0.4 is 5.73 Å². The molecule has 0 saturated carbocycles. The van der Waals surface area contributed by atoms with E-state index in [4.69, 9.17) is 5.73 Å². The maximum absolute atomic E-state index is 12.3. The number of amides is 1. The van der Waals surface area contributed by atoms with Crippen LogP contribution in [0.25, 0.3) is 0 Å². The first-order valence-electron chi connectivity index (χ1n) is 6.45. The predicted molar refractivity (Wildman–Crippen MR) is 74.5 cm³/mol. The Morgan fingerprint density at radius 1 is 1.61 bits per heavy atom. The lowest BCUT2D eigenvalue weighted by Gasteiger charge is -2.40. The summed E-state index contributed by atoms with van der Waals surface area (Å²) >= 11 is 1.55. The van der Waals surface area contributed by atoms with Crippen molar-refractivity contribution < 1.29 is 4.79 Å². The monoisotopic (exact) mass is 267 g/mol. The van der Waals surface area contributed by atoms with Crippen LogP contribution in [-0.2, 0) is 4.79 Å². The molecule has 1 saturated heterocycles. The summed E-state index contributed by atoms with van der Waals surface area (Å²) in [7, 11) is 0. The number of piperazine rings is 1. The SMILES string of the molecule is CCN1CCN(C(=O)C(N)c2cccs2)CC1C. The number of hydrogen-bond acceptors (Lipinski definition) is 4. The summed E-state index contributed by atoms with van der Waals surface area (Å²) in [5.74, 6) is 0.0556. The molecule has 2 N–H and O–H groups in total. The maximum atomic E-state index is 12.3. The molecule has 0 aromatic carbocycles. The van der Waals surface area contributed by atoms with Gasteiger partial charge in [-0.1, -0.05) is 13.0 Å². The normalized spacial score (nSPS) is 23.1. The van der Waals surface area contributed by atoms with E-state index in [0.29, 0.717) is 6.04 Å². The van der Waals surface area contributed by atoms with Gasteiger partial charge < -0.3 is 10.6 Å². The third kappa shape index (κ3) is 2.74. The number of rotatable bonds is 3. The smallest absolute Gasteiger partial charge is 0.245 e. The van der Waals surface area contributed by atoms with Gasteiger partial charge in [0.1, 0.15) is 6.04 Å². The fraction of sp³-hybridized carbons (Fsp3) is 0.615. The number of hydrogen-bond donors (Lipinski definition) is 1. The molecule has 0 bridgehead atoms. The van der Waals surface area contributed by atoms with Gasteiger partial charge in [0, 0.05) is 30.6 Å². The largest absolute Gasteiger partial charge is 0.338 e. The van der Waals surface area contributed by atoms with E-state index < -0.39 is 6.04 Å². The van der Waals surface area contributed by atoms with Gasteiger partial charge in [-0.05, 0) is 24.9 Å². The molecule has 0 spiro atoms. The number of carbonyl (C=O) groups excluding carboxylic acids is 1. The molecule has 2 atom stereocenters. The van der Waals surface area contributed by atoms with E-state index in [0.717, 1.165) is 31.1 Å². The van der Waals surface area contributed by atoms with Gasteiger partial charge in [-0.15, -0.1) is 11.3 Å². The summed E-state index contributed by atoms with van der Waals surface area (Å²) in [5.41, 5.74) is 6.03. The number of likely N-dealkylation sites (N-methyl/N-ethyl adjacent to an activating group) is 1. The minimum Gasteiger partial charge on any atom is -0.338 e. The Morgan fingerprint density at radius 3 is 2.94 bits per heavy atom. The topological polar surface area (TPSA) is 49.6 Å². The quantitative estimate of drug-likeness (QED) is 0.898. The molecule has 100 valence electrons. The van der Waals surface area contributed by atoms with Crippen LogP contribution in [0.1, 0.15) is 24.8 Å². The molecule has 5 heteroatoms. The highest BCUT2D eigenvalue weighted by Gasteiger charge is 2.29. The molecule has 2 unspecified atom stereocenters. The van der Waals surface area contributed by atoms with Crippen molar-refractivity contribution in [2.75, 3.05) is 26.2 Å². The first kappa shape index (κ1) is 13.5. The molecule has 1 aromatic heterocycles. The first-order chi connectivity index (χ1) is 8.63. The number of nitrogens with zero attached hydrogens (tertiary/aromatic N) is 2. The minimum absolute atomic E-state index is 0.0556. The van der Waals surface area contributed by atoms with Gasteiger partial charge in [0.2, 0.25) is 5.91 Å². The van der Waals surface area contributed by atoms with Crippen LogP contribution in [-0.4, -0.2) is 47.9 Å². The zero-order chi connectivity index (χ0) is 13.1. The lowest BCUT2D eigenvalue weighted by Crippen LogP contribution is -2.54. The number of thiophene rings is 1. The van der Waals surface area contributed by atoms with Crippen molar-refractivity contribution in [1.82, 2.24) is 9.80 Å². The minimum atomic E-state index is -0.495. The Hall–Kier alpha value is -0.910. The van der Waals surface area contributed by atoms with Crippen molar-refractivity contribution in [2.45, 2.75) is 25.9 Å². The van der Waals surface area contributed by atoms with Crippen LogP contribution in [0.4, 0.5) is 0 Å². The van der Waals surface area contributed by atoms with E-state index in [1.807, 2.05) is 22.4 Å². The van der Waals surface area contributed by atoms with Crippen molar-refractivity contribution in [3.05, 3.63) is 22.4 Å². The molecule has 1 aromatic rings. The second kappa shape index (κ2) is 5.82. The van der Waals surface area contributed by atoms with E-state index in [-0.39, 0.29) is 5.91 Å². The molecule has 1 aliphatic heterocycles. The van der Waals surface area contributed by atoms with E-state index in [1.165, 1.54) is 0 Å². The van der Waals surface area contributed by atoms with Crippen molar-refractivity contribution in [2.24, 2.45) is 5.73 Å². The van der Waals surface area contributed by atoms with Crippen LogP contribution in [0.3, 0.4) is 0 Å². The van der Waals surface area contributed by atoms with Crippen molar-refractivity contribution in [3.63, 3.8) is 0 Å². The fourth-order valence-corrected chi connectivity index (χ4v) is 3.17. The van der Waals surface area contributed by atoms with Gasteiger partial charge in [0.05, 0.1) is 0 Å². The lowest BCUT2D eigenvalue weighted by atomic mass is 10.1. The molecule has 18 heavy (non-hydrogen) atoms. The van der Waals surface area contributed by atoms with Gasteiger partial charge in [-0.25, -0.2) is 0 Å². The van der Waals surface area contributed by atoms with Crippen LogP contribution in [0.5, 0.6) is 0 Å². The van der Waals surface area contributed by atoms with Gasteiger partial charge in [-0.3, -0.25) is 9.69 Å². The van der Waals surface area contributed by atoms with Gasteiger partial charge in [-0.2, -0.15) is 0 Å². The zero-order valence-electron chi connectivity index (χ0n) is 11.0. The van der Waals surface area contributed by atoms with Crippen molar-refractivity contribution in [3.8, 4) is 0 Å². The lowest BCUT2D eigenvalue weighted by molar-refractivity contribution is -0.135. The highest BCUT2D eigenvalue weighted by Crippen LogP contribution is 2.20. The van der Waals surface area contributed by atoms with Gasteiger partial charge in [0.15, 0.2) is 0 Å². The average molecular weight is 267 g/mol. The van der Waals surface area contributed by atoms with E-state index in [2.05, 4.69) is 18.7 Å². The van der Waals surface area contributed by atoms with E-state index >= 15 is 0 Å². The maximum Gasteiger partial charge on any atom is 0.245 e. The standard InChI is InChI=1S/C13H21N3OS/c1-3-15-6-7-16(9-10(15)2)13(17)12(14)11-5-4-8-18-11/h4-5,8,10,12H,3,6-7,9,14H2,1-2H3. The van der Waals surface area contributed by atoms with Crippen LogP contribution in [0.15, 0.2) is 17.5 Å². The van der Waals surface area contributed by atoms with E-state index in [1.54, 1.807) is 11.3 Å². The summed E-state index contributed by atoms with van der Waals surface area (Å²) in [6.45, 7) is 7.88. The summed E-state index contributed by atoms with van der Waals surface area (Å²) in [6, 6.07) is 3.79. The summed E-state index contributed by atoms with van der Waals surface area (Å²) in [5, 5.41) is 1.96. The third-order valence-electron chi connectivity index (χ3n) is 3.60. The van der Waals surface area contributed by atoms with Gasteiger partial charge in [0.25, 0.3) is 0 Å². The number of carbonyl (C=O) groups is 1. The molecule has 4 nitrogen and oxygen atoms in total. The molecular weight excluding hydrogens is 246 g/mol. The highest BCUT2D eigenvalue weighted by atomic mass is 32.1. The summed E-state index contributed by atoms with van der Waals surface area (Å²) in [4.78, 5) is 17.6. The summed E-state index contributed by atoms with van der Waals surface area (Å²) in [6.07, 6.45) is 0. The third-order valence-corrected chi connectivity index (χ3v) is 4.55. The highest BCUT2D eigenvalue weighted by molar-refractivity contribution is 7.10. The van der Waals surface area contributed by atoms with Crippen molar-refractivity contribution >= 4 is 17.2 Å². The second-order valence-electron chi connectivity index (χ2n) is 4.75. The number of nitrogens with two attached hydrogens (primary N) is 1. The molecule has 1 amide bonds. The molecule has 1 aliphatic rings. The molecule has 2 heterocycles. The Morgan fingerprint density at radius 2 is 2.39 bits per heavy atom. The fourth-order valence-electron chi connectivity index (χ4n) is 2.45. The van der Waals surface area contributed by atoms with E-state index in [9.17, 15) is 4.79 Å². The Bertz CT molecular complexity index is 393. The van der Waals surface area contributed by atoms with Crippen LogP contribution in [0.2, 0.25) is 0 Å². The summed E-state index contributed by atoms with van der Waals surface area (Å²) < 4.78 is 0. The first-order valence-corrected chi connectivity index (χ1v) is 7.33. The second-order valence-corrected chi connectivity index (χ2v) is 5.73. The molecule has 0 aliphatic carbocycles. The molecule has 0 radical (unpaired) electrons. The average Bonchev–Trinajstić information content (AvgIpc) is 2.90. The van der Waals surface area contributed by atoms with Gasteiger partial charge >= 0.3 is 0 Å². The zero-order valence-corrected chi connectivity index (χ0v) is 11.8. The molecule has 1 fully saturated rings. The Labute approximate surface area is 112 Å². The van der Waals surface area contributed by atoms with Crippen molar-refractivity contribution in [1.29, 1.82) is 0 Å². The molecular formula is C13H21N3OS.